The van der Waals surface area contributed by atoms with Gasteiger partial charge in [0, 0.05) is 25.4 Å². The van der Waals surface area contributed by atoms with Crippen LogP contribution in [0, 0.1) is 5.92 Å². The van der Waals surface area contributed by atoms with Gasteiger partial charge in [0.25, 0.3) is 0 Å². The standard InChI is InChI=1S/C16H29N3O/c1-5-17-15(14-11-18-19(6-2)12-14)16(20-4)9-7-13(3)8-10-16/h11-13,15,17H,5-10H2,1-4H3. The number of aromatic nitrogens is 2. The van der Waals surface area contributed by atoms with Gasteiger partial charge in [-0.1, -0.05) is 13.8 Å². The summed E-state index contributed by atoms with van der Waals surface area (Å²) in [6, 6.07) is 0.241. The first-order valence-electron chi connectivity index (χ1n) is 7.96. The number of methoxy groups -OCH3 is 1. The first-order chi connectivity index (χ1) is 9.65. The van der Waals surface area contributed by atoms with E-state index in [-0.39, 0.29) is 11.6 Å². The molecule has 1 fully saturated rings. The van der Waals surface area contributed by atoms with Gasteiger partial charge in [-0.3, -0.25) is 4.68 Å². The van der Waals surface area contributed by atoms with Crippen LogP contribution in [0.3, 0.4) is 0 Å². The smallest absolute Gasteiger partial charge is 0.0873 e. The summed E-state index contributed by atoms with van der Waals surface area (Å²) < 4.78 is 8.03. The molecule has 1 heterocycles. The Bertz CT molecular complexity index is 408. The van der Waals surface area contributed by atoms with Gasteiger partial charge in [0.15, 0.2) is 0 Å². The molecule has 0 aliphatic heterocycles. The number of hydrogen-bond acceptors (Lipinski definition) is 3. The van der Waals surface area contributed by atoms with E-state index in [4.69, 9.17) is 4.74 Å². The van der Waals surface area contributed by atoms with Gasteiger partial charge in [0.2, 0.25) is 0 Å². The lowest BCUT2D eigenvalue weighted by Gasteiger charge is -2.44. The fourth-order valence-electron chi connectivity index (χ4n) is 3.37. The molecule has 1 unspecified atom stereocenters. The molecule has 1 N–H and O–H groups in total. The van der Waals surface area contributed by atoms with Crippen molar-refractivity contribution in [3.63, 3.8) is 0 Å². The minimum atomic E-state index is -0.0792. The average molecular weight is 279 g/mol. The number of aryl methyl sites for hydroxylation is 1. The van der Waals surface area contributed by atoms with Crippen LogP contribution in [0.15, 0.2) is 12.4 Å². The summed E-state index contributed by atoms with van der Waals surface area (Å²) in [5.41, 5.74) is 1.18. The summed E-state index contributed by atoms with van der Waals surface area (Å²) in [6.45, 7) is 8.48. The van der Waals surface area contributed by atoms with Crippen molar-refractivity contribution in [1.29, 1.82) is 0 Å². The molecule has 1 aliphatic carbocycles. The summed E-state index contributed by atoms with van der Waals surface area (Å²) >= 11 is 0. The molecule has 0 aromatic carbocycles. The predicted octanol–water partition coefficient (Wildman–Crippen LogP) is 3.15. The van der Waals surface area contributed by atoms with E-state index in [1.165, 1.54) is 18.4 Å². The topological polar surface area (TPSA) is 39.1 Å². The highest BCUT2D eigenvalue weighted by atomic mass is 16.5. The van der Waals surface area contributed by atoms with Gasteiger partial charge in [0.1, 0.15) is 0 Å². The zero-order valence-corrected chi connectivity index (χ0v) is 13.4. The summed E-state index contributed by atoms with van der Waals surface area (Å²) in [7, 11) is 1.87. The van der Waals surface area contributed by atoms with Crippen molar-refractivity contribution in [1.82, 2.24) is 15.1 Å². The molecule has 0 spiro atoms. The number of nitrogens with one attached hydrogen (secondary N) is 1. The molecule has 0 amide bonds. The fraction of sp³-hybridized carbons (Fsp3) is 0.812. The van der Waals surface area contributed by atoms with Crippen LogP contribution in [-0.2, 0) is 11.3 Å². The lowest BCUT2D eigenvalue weighted by atomic mass is 9.74. The molecule has 4 heteroatoms. The normalized spacial score (nSPS) is 28.5. The molecule has 0 radical (unpaired) electrons. The Hall–Kier alpha value is -0.870. The molecule has 1 aromatic rings. The Morgan fingerprint density at radius 2 is 2.15 bits per heavy atom. The van der Waals surface area contributed by atoms with Crippen molar-refractivity contribution < 1.29 is 4.74 Å². The molecular formula is C16H29N3O. The minimum absolute atomic E-state index is 0.0792. The molecular weight excluding hydrogens is 250 g/mol. The monoisotopic (exact) mass is 279 g/mol. The molecule has 4 nitrogen and oxygen atoms in total. The first-order valence-corrected chi connectivity index (χ1v) is 7.96. The minimum Gasteiger partial charge on any atom is -0.376 e. The summed E-state index contributed by atoms with van der Waals surface area (Å²) in [4.78, 5) is 0. The van der Waals surface area contributed by atoms with E-state index in [0.29, 0.717) is 0 Å². The molecule has 0 bridgehead atoms. The summed E-state index contributed by atoms with van der Waals surface area (Å²) in [6.07, 6.45) is 8.90. The van der Waals surface area contributed by atoms with Crippen molar-refractivity contribution in [3.05, 3.63) is 18.0 Å². The highest BCUT2D eigenvalue weighted by molar-refractivity contribution is 5.17. The maximum Gasteiger partial charge on any atom is 0.0873 e. The van der Waals surface area contributed by atoms with Crippen LogP contribution in [0.5, 0.6) is 0 Å². The van der Waals surface area contributed by atoms with E-state index in [1.54, 1.807) is 0 Å². The van der Waals surface area contributed by atoms with Crippen molar-refractivity contribution in [3.8, 4) is 0 Å². The molecule has 1 saturated carbocycles. The third-order valence-corrected chi connectivity index (χ3v) is 4.77. The van der Waals surface area contributed by atoms with Crippen LogP contribution >= 0.6 is 0 Å². The number of rotatable bonds is 6. The Labute approximate surface area is 122 Å². The van der Waals surface area contributed by atoms with E-state index in [1.807, 2.05) is 18.0 Å². The maximum absolute atomic E-state index is 6.04. The average Bonchev–Trinajstić information content (AvgIpc) is 2.95. The van der Waals surface area contributed by atoms with Crippen LogP contribution in [-0.4, -0.2) is 29.0 Å². The lowest BCUT2D eigenvalue weighted by Crippen LogP contribution is -2.47. The lowest BCUT2D eigenvalue weighted by molar-refractivity contribution is -0.0757. The fourth-order valence-corrected chi connectivity index (χ4v) is 3.37. The zero-order valence-electron chi connectivity index (χ0n) is 13.4. The van der Waals surface area contributed by atoms with Crippen LogP contribution in [0.4, 0.5) is 0 Å². The number of nitrogens with zero attached hydrogens (tertiary/aromatic N) is 2. The van der Waals surface area contributed by atoms with Gasteiger partial charge in [-0.15, -0.1) is 0 Å². The highest BCUT2D eigenvalue weighted by Crippen LogP contribution is 2.42. The van der Waals surface area contributed by atoms with E-state index >= 15 is 0 Å². The Morgan fingerprint density at radius 1 is 1.45 bits per heavy atom. The molecule has 0 saturated heterocycles. The second-order valence-electron chi connectivity index (χ2n) is 6.07. The van der Waals surface area contributed by atoms with Crippen LogP contribution < -0.4 is 5.32 Å². The van der Waals surface area contributed by atoms with Crippen molar-refractivity contribution in [2.24, 2.45) is 5.92 Å². The van der Waals surface area contributed by atoms with E-state index in [0.717, 1.165) is 31.8 Å². The molecule has 2 rings (SSSR count). The summed E-state index contributed by atoms with van der Waals surface area (Å²) in [5, 5.41) is 8.07. The largest absolute Gasteiger partial charge is 0.376 e. The second-order valence-corrected chi connectivity index (χ2v) is 6.07. The SMILES string of the molecule is CCNC(c1cnn(CC)c1)C1(OC)CCC(C)CC1. The number of hydrogen-bond donors (Lipinski definition) is 1. The van der Waals surface area contributed by atoms with Crippen molar-refractivity contribution in [2.75, 3.05) is 13.7 Å². The van der Waals surface area contributed by atoms with E-state index in [2.05, 4.69) is 37.4 Å². The van der Waals surface area contributed by atoms with Crippen LogP contribution in [0.2, 0.25) is 0 Å². The number of ether oxygens (including phenoxy) is 1. The molecule has 1 aliphatic rings. The molecule has 1 atom stereocenters. The third kappa shape index (κ3) is 3.07. The van der Waals surface area contributed by atoms with Gasteiger partial charge in [0.05, 0.1) is 17.8 Å². The van der Waals surface area contributed by atoms with Crippen molar-refractivity contribution >= 4 is 0 Å². The van der Waals surface area contributed by atoms with Gasteiger partial charge in [-0.05, 0) is 45.1 Å². The van der Waals surface area contributed by atoms with Crippen LogP contribution in [0.25, 0.3) is 0 Å². The Balaban J connectivity index is 2.25. The van der Waals surface area contributed by atoms with Gasteiger partial charge < -0.3 is 10.1 Å². The Morgan fingerprint density at radius 3 is 2.65 bits per heavy atom. The quantitative estimate of drug-likeness (QED) is 0.869. The second kappa shape index (κ2) is 6.72. The third-order valence-electron chi connectivity index (χ3n) is 4.77. The predicted molar refractivity (Wildman–Crippen MR) is 81.7 cm³/mol. The highest BCUT2D eigenvalue weighted by Gasteiger charge is 2.42. The van der Waals surface area contributed by atoms with E-state index < -0.39 is 0 Å². The van der Waals surface area contributed by atoms with Crippen LogP contribution in [0.1, 0.15) is 58.1 Å². The molecule has 1 aromatic heterocycles. The zero-order chi connectivity index (χ0) is 14.6. The number of likely N-dealkylation sites (N-methyl/N-ethyl adjacent to an activating group) is 1. The summed E-state index contributed by atoms with van der Waals surface area (Å²) in [5.74, 6) is 0.818. The van der Waals surface area contributed by atoms with Crippen molar-refractivity contribution in [2.45, 2.75) is 64.6 Å². The van der Waals surface area contributed by atoms with Gasteiger partial charge in [-0.25, -0.2) is 0 Å². The molecule has 114 valence electrons. The van der Waals surface area contributed by atoms with E-state index in [9.17, 15) is 0 Å². The first kappa shape index (κ1) is 15.5. The van der Waals surface area contributed by atoms with Gasteiger partial charge >= 0.3 is 0 Å². The maximum atomic E-state index is 6.04. The Kier molecular flexibility index (Phi) is 5.22. The molecule has 20 heavy (non-hydrogen) atoms. The van der Waals surface area contributed by atoms with Gasteiger partial charge in [-0.2, -0.15) is 5.10 Å².